The van der Waals surface area contributed by atoms with Crippen LogP contribution >= 0.6 is 0 Å². The highest BCUT2D eigenvalue weighted by Gasteiger charge is 2.37. The Bertz CT molecular complexity index is 481. The van der Waals surface area contributed by atoms with Gasteiger partial charge in [0.2, 0.25) is 5.91 Å². The highest BCUT2D eigenvalue weighted by molar-refractivity contribution is 5.78. The first-order chi connectivity index (χ1) is 10.1. The summed E-state index contributed by atoms with van der Waals surface area (Å²) in [6, 6.07) is 11.7. The topological polar surface area (TPSA) is 23.6 Å². The quantitative estimate of drug-likeness (QED) is 0.849. The van der Waals surface area contributed by atoms with Gasteiger partial charge in [0, 0.05) is 37.6 Å². The molecular weight excluding hydrogens is 260 g/mol. The molecule has 3 nitrogen and oxygen atoms in total. The minimum atomic E-state index is 0.0933. The van der Waals surface area contributed by atoms with Gasteiger partial charge in [-0.2, -0.15) is 0 Å². The van der Waals surface area contributed by atoms with E-state index in [-0.39, 0.29) is 5.92 Å². The van der Waals surface area contributed by atoms with Crippen LogP contribution in [0, 0.1) is 5.92 Å². The Morgan fingerprint density at radius 2 is 1.90 bits per heavy atom. The summed E-state index contributed by atoms with van der Waals surface area (Å²) in [6.07, 6.45) is 3.66. The van der Waals surface area contributed by atoms with Crippen molar-refractivity contribution in [2.24, 2.45) is 5.92 Å². The van der Waals surface area contributed by atoms with Gasteiger partial charge in [0.25, 0.3) is 0 Å². The van der Waals surface area contributed by atoms with E-state index in [9.17, 15) is 4.79 Å². The van der Waals surface area contributed by atoms with Gasteiger partial charge in [-0.15, -0.1) is 0 Å². The molecule has 1 unspecified atom stereocenters. The van der Waals surface area contributed by atoms with Crippen LogP contribution in [0.3, 0.4) is 0 Å². The van der Waals surface area contributed by atoms with E-state index in [4.69, 9.17) is 0 Å². The second-order valence-corrected chi connectivity index (χ2v) is 6.76. The van der Waals surface area contributed by atoms with Crippen molar-refractivity contribution in [3.05, 3.63) is 35.9 Å². The molecule has 21 heavy (non-hydrogen) atoms. The summed E-state index contributed by atoms with van der Waals surface area (Å²) in [6.45, 7) is 7.00. The summed E-state index contributed by atoms with van der Waals surface area (Å²) < 4.78 is 0. The van der Waals surface area contributed by atoms with Crippen molar-refractivity contribution in [1.29, 1.82) is 0 Å². The summed E-state index contributed by atoms with van der Waals surface area (Å²) in [4.78, 5) is 17.2. The zero-order valence-corrected chi connectivity index (χ0v) is 13.2. The molecule has 1 aromatic carbocycles. The van der Waals surface area contributed by atoms with E-state index >= 15 is 0 Å². The number of piperazine rings is 1. The van der Waals surface area contributed by atoms with Crippen LogP contribution < -0.4 is 0 Å². The van der Waals surface area contributed by atoms with E-state index in [1.54, 1.807) is 0 Å². The third-order valence-corrected chi connectivity index (χ3v) is 4.67. The summed E-state index contributed by atoms with van der Waals surface area (Å²) >= 11 is 0. The second kappa shape index (κ2) is 6.18. The first-order valence-corrected chi connectivity index (χ1v) is 8.23. The fourth-order valence-corrected chi connectivity index (χ4v) is 3.33. The average molecular weight is 286 g/mol. The summed E-state index contributed by atoms with van der Waals surface area (Å²) in [7, 11) is 0. The SMILES string of the molecule is CC(C)C(=O)N1CCN(C2CC2)CC1Cc1ccccc1. The van der Waals surface area contributed by atoms with Crippen LogP contribution in [0.4, 0.5) is 0 Å². The molecule has 114 valence electrons. The summed E-state index contributed by atoms with van der Waals surface area (Å²) in [5.74, 6) is 0.405. The summed E-state index contributed by atoms with van der Waals surface area (Å²) in [5, 5.41) is 0. The number of carbonyl (C=O) groups excluding carboxylic acids is 1. The fourth-order valence-electron chi connectivity index (χ4n) is 3.33. The molecule has 0 N–H and O–H groups in total. The van der Waals surface area contributed by atoms with E-state index in [0.29, 0.717) is 11.9 Å². The lowest BCUT2D eigenvalue weighted by molar-refractivity contribution is -0.139. The zero-order chi connectivity index (χ0) is 14.8. The van der Waals surface area contributed by atoms with Gasteiger partial charge in [-0.25, -0.2) is 0 Å². The molecule has 0 aromatic heterocycles. The van der Waals surface area contributed by atoms with Crippen molar-refractivity contribution in [2.75, 3.05) is 19.6 Å². The van der Waals surface area contributed by atoms with E-state index in [0.717, 1.165) is 32.1 Å². The lowest BCUT2D eigenvalue weighted by atomic mass is 10.00. The number of nitrogens with zero attached hydrogens (tertiary/aromatic N) is 2. The molecular formula is C18H26N2O. The minimum Gasteiger partial charge on any atom is -0.337 e. The third-order valence-electron chi connectivity index (χ3n) is 4.67. The van der Waals surface area contributed by atoms with Crippen molar-refractivity contribution < 1.29 is 4.79 Å². The first-order valence-electron chi connectivity index (χ1n) is 8.23. The van der Waals surface area contributed by atoms with Crippen molar-refractivity contribution in [3.63, 3.8) is 0 Å². The number of carbonyl (C=O) groups is 1. The molecule has 2 fully saturated rings. The molecule has 1 saturated heterocycles. The number of rotatable bonds is 4. The number of benzene rings is 1. The van der Waals surface area contributed by atoms with Crippen LogP contribution in [0.2, 0.25) is 0 Å². The number of hydrogen-bond acceptors (Lipinski definition) is 2. The molecule has 0 spiro atoms. The van der Waals surface area contributed by atoms with Crippen LogP contribution in [-0.2, 0) is 11.2 Å². The Kier molecular flexibility index (Phi) is 4.29. The predicted octanol–water partition coefficient (Wildman–Crippen LogP) is 2.56. The molecule has 0 radical (unpaired) electrons. The average Bonchev–Trinajstić information content (AvgIpc) is 3.32. The molecule has 0 bridgehead atoms. The molecule has 1 saturated carbocycles. The highest BCUT2D eigenvalue weighted by Crippen LogP contribution is 2.30. The van der Waals surface area contributed by atoms with Crippen molar-refractivity contribution in [1.82, 2.24) is 9.80 Å². The molecule has 1 atom stereocenters. The summed E-state index contributed by atoms with van der Waals surface area (Å²) in [5.41, 5.74) is 1.33. The van der Waals surface area contributed by atoms with Crippen molar-refractivity contribution >= 4 is 5.91 Å². The largest absolute Gasteiger partial charge is 0.337 e. The van der Waals surface area contributed by atoms with E-state index in [1.165, 1.54) is 18.4 Å². The molecule has 3 rings (SSSR count). The van der Waals surface area contributed by atoms with Crippen molar-refractivity contribution in [3.8, 4) is 0 Å². The maximum absolute atomic E-state index is 12.5. The monoisotopic (exact) mass is 286 g/mol. The van der Waals surface area contributed by atoms with Crippen LogP contribution in [0.5, 0.6) is 0 Å². The Balaban J connectivity index is 1.73. The number of amides is 1. The van der Waals surface area contributed by atoms with Crippen LogP contribution in [-0.4, -0.2) is 47.4 Å². The fraction of sp³-hybridized carbons (Fsp3) is 0.611. The van der Waals surface area contributed by atoms with Gasteiger partial charge in [0.1, 0.15) is 0 Å². The van der Waals surface area contributed by atoms with Gasteiger partial charge in [-0.3, -0.25) is 9.69 Å². The smallest absolute Gasteiger partial charge is 0.225 e. The lowest BCUT2D eigenvalue weighted by Crippen LogP contribution is -2.57. The first kappa shape index (κ1) is 14.6. The molecule has 1 aromatic rings. The Labute approximate surface area is 127 Å². The predicted molar refractivity (Wildman–Crippen MR) is 85.1 cm³/mol. The van der Waals surface area contributed by atoms with Gasteiger partial charge in [0.15, 0.2) is 0 Å². The Hall–Kier alpha value is -1.35. The minimum absolute atomic E-state index is 0.0933. The van der Waals surface area contributed by atoms with Gasteiger partial charge in [0.05, 0.1) is 0 Å². The van der Waals surface area contributed by atoms with Crippen LogP contribution in [0.1, 0.15) is 32.3 Å². The van der Waals surface area contributed by atoms with Crippen LogP contribution in [0.25, 0.3) is 0 Å². The standard InChI is InChI=1S/C18H26N2O/c1-14(2)18(21)20-11-10-19(16-8-9-16)13-17(20)12-15-6-4-3-5-7-15/h3-7,14,16-17H,8-13H2,1-2H3. The van der Waals surface area contributed by atoms with Gasteiger partial charge < -0.3 is 4.90 Å². The Morgan fingerprint density at radius 3 is 2.52 bits per heavy atom. The third kappa shape index (κ3) is 3.46. The molecule has 1 aliphatic carbocycles. The molecule has 2 aliphatic rings. The molecule has 1 heterocycles. The van der Waals surface area contributed by atoms with Gasteiger partial charge in [-0.05, 0) is 24.8 Å². The lowest BCUT2D eigenvalue weighted by Gasteiger charge is -2.42. The van der Waals surface area contributed by atoms with Crippen molar-refractivity contribution in [2.45, 2.75) is 45.2 Å². The van der Waals surface area contributed by atoms with E-state index in [2.05, 4.69) is 40.1 Å². The molecule has 1 aliphatic heterocycles. The Morgan fingerprint density at radius 1 is 1.19 bits per heavy atom. The molecule has 3 heteroatoms. The maximum Gasteiger partial charge on any atom is 0.225 e. The van der Waals surface area contributed by atoms with E-state index in [1.807, 2.05) is 13.8 Å². The zero-order valence-electron chi connectivity index (χ0n) is 13.2. The molecule has 1 amide bonds. The highest BCUT2D eigenvalue weighted by atomic mass is 16.2. The maximum atomic E-state index is 12.5. The van der Waals surface area contributed by atoms with E-state index < -0.39 is 0 Å². The van der Waals surface area contributed by atoms with Crippen LogP contribution in [0.15, 0.2) is 30.3 Å². The van der Waals surface area contributed by atoms with Gasteiger partial charge >= 0.3 is 0 Å². The van der Waals surface area contributed by atoms with Gasteiger partial charge in [-0.1, -0.05) is 44.2 Å². The normalized spacial score (nSPS) is 23.6. The number of hydrogen-bond donors (Lipinski definition) is 0. The second-order valence-electron chi connectivity index (χ2n) is 6.76.